The monoisotopic (exact) mass is 472 g/mol. The van der Waals surface area contributed by atoms with Crippen molar-refractivity contribution < 1.29 is 20.1 Å². The Balaban J connectivity index is 1.45. The molecule has 0 aromatic carbocycles. The fraction of sp³-hybridized carbons (Fsp3) is 0.867. The molecule has 2 saturated carbocycles. The third-order valence-electron chi connectivity index (χ3n) is 12.0. The highest BCUT2D eigenvalue weighted by Gasteiger charge is 2.73. The van der Waals surface area contributed by atoms with Crippen LogP contribution in [0.5, 0.6) is 0 Å². The highest BCUT2D eigenvalue weighted by molar-refractivity contribution is 5.44. The molecule has 4 aliphatic carbocycles. The second kappa shape index (κ2) is 7.13. The van der Waals surface area contributed by atoms with Gasteiger partial charge < -0.3 is 20.1 Å². The van der Waals surface area contributed by atoms with Crippen LogP contribution in [0.4, 0.5) is 0 Å². The minimum Gasteiger partial charge on any atom is -0.452 e. The van der Waals surface area contributed by atoms with Gasteiger partial charge in [0.1, 0.15) is 0 Å². The van der Waals surface area contributed by atoms with Crippen LogP contribution in [0.2, 0.25) is 0 Å². The molecule has 192 valence electrons. The number of fused-ring (bicyclic) bond motifs is 6. The van der Waals surface area contributed by atoms with Gasteiger partial charge in [-0.2, -0.15) is 0 Å². The first kappa shape index (κ1) is 24.8. The molecule has 0 unspecified atom stereocenters. The Kier molecular flexibility index (Phi) is 5.21. The fourth-order valence-corrected chi connectivity index (χ4v) is 9.68. The van der Waals surface area contributed by atoms with Crippen LogP contribution in [0.3, 0.4) is 0 Å². The molecule has 34 heavy (non-hydrogen) atoms. The number of epoxide rings is 1. The highest BCUT2D eigenvalue weighted by atomic mass is 16.7. The van der Waals surface area contributed by atoms with Gasteiger partial charge in [-0.25, -0.2) is 0 Å². The van der Waals surface area contributed by atoms with Crippen molar-refractivity contribution in [1.29, 1.82) is 0 Å². The number of aliphatic hydroxyl groups excluding tert-OH is 1. The zero-order valence-electron chi connectivity index (χ0n) is 22.7. The molecule has 5 rings (SSSR count). The first-order valence-corrected chi connectivity index (χ1v) is 13.8. The molecular formula is C30H48O4. The summed E-state index contributed by atoms with van der Waals surface area (Å²) in [5.41, 5.74) is 0.600. The quantitative estimate of drug-likeness (QED) is 0.341. The minimum absolute atomic E-state index is 0.0669. The van der Waals surface area contributed by atoms with Crippen LogP contribution >= 0.6 is 0 Å². The SMILES string of the molecule is C[C@H](CCCC(C)(C)O)[C@H]1[C@@H](O)C[C@@]2(C)[C@@H]3CC=C4[C@H](C=C5O[C@@]5(O)C4(C)C)[C@]3(C)CC[C@]12C. The molecule has 0 aromatic heterocycles. The molecular weight excluding hydrogens is 424 g/mol. The van der Waals surface area contributed by atoms with Gasteiger partial charge >= 0.3 is 0 Å². The molecule has 4 heteroatoms. The molecule has 3 N–H and O–H groups in total. The van der Waals surface area contributed by atoms with Crippen LogP contribution in [0.15, 0.2) is 23.5 Å². The summed E-state index contributed by atoms with van der Waals surface area (Å²) in [6.45, 7) is 17.8. The van der Waals surface area contributed by atoms with E-state index in [0.717, 1.165) is 50.7 Å². The molecule has 1 heterocycles. The predicted octanol–water partition coefficient (Wildman–Crippen LogP) is 5.96. The first-order chi connectivity index (χ1) is 15.5. The van der Waals surface area contributed by atoms with E-state index >= 15 is 0 Å². The number of aliphatic hydroxyl groups is 3. The Labute approximate surface area is 206 Å². The lowest BCUT2D eigenvalue weighted by Crippen LogP contribution is -2.58. The zero-order chi connectivity index (χ0) is 25.1. The summed E-state index contributed by atoms with van der Waals surface area (Å²) in [4.78, 5) is 0. The largest absolute Gasteiger partial charge is 0.452 e. The summed E-state index contributed by atoms with van der Waals surface area (Å²) >= 11 is 0. The summed E-state index contributed by atoms with van der Waals surface area (Å²) in [6.07, 6.45) is 11.4. The molecule has 0 spiro atoms. The smallest absolute Gasteiger partial charge is 0.275 e. The van der Waals surface area contributed by atoms with E-state index in [0.29, 0.717) is 23.7 Å². The van der Waals surface area contributed by atoms with Crippen LogP contribution < -0.4 is 0 Å². The van der Waals surface area contributed by atoms with Crippen molar-refractivity contribution in [2.45, 2.75) is 118 Å². The molecule has 9 atom stereocenters. The van der Waals surface area contributed by atoms with E-state index in [1.54, 1.807) is 0 Å². The minimum atomic E-state index is -1.11. The van der Waals surface area contributed by atoms with E-state index in [2.05, 4.69) is 53.7 Å². The maximum absolute atomic E-state index is 11.5. The lowest BCUT2D eigenvalue weighted by Gasteiger charge is -2.64. The highest BCUT2D eigenvalue weighted by Crippen LogP contribution is 2.76. The average Bonchev–Trinajstić information content (AvgIpc) is 3.32. The summed E-state index contributed by atoms with van der Waals surface area (Å²) in [5, 5.41) is 32.7. The van der Waals surface area contributed by atoms with Crippen molar-refractivity contribution in [3.8, 4) is 0 Å². The van der Waals surface area contributed by atoms with Crippen molar-refractivity contribution in [3.05, 3.63) is 23.5 Å². The second-order valence-corrected chi connectivity index (χ2v) is 14.6. The van der Waals surface area contributed by atoms with Gasteiger partial charge in [0.2, 0.25) is 0 Å². The van der Waals surface area contributed by atoms with Crippen LogP contribution in [-0.4, -0.2) is 32.8 Å². The zero-order valence-corrected chi connectivity index (χ0v) is 22.7. The summed E-state index contributed by atoms with van der Waals surface area (Å²) in [6, 6.07) is 0. The van der Waals surface area contributed by atoms with E-state index in [9.17, 15) is 15.3 Å². The Morgan fingerprint density at radius 1 is 1.12 bits per heavy atom. The molecule has 0 bridgehead atoms. The Bertz CT molecular complexity index is 927. The molecule has 3 fully saturated rings. The fourth-order valence-electron chi connectivity index (χ4n) is 9.68. The van der Waals surface area contributed by atoms with Crippen LogP contribution in [0.1, 0.15) is 100 Å². The Hall–Kier alpha value is -0.840. The average molecular weight is 473 g/mol. The van der Waals surface area contributed by atoms with Gasteiger partial charge in [-0.1, -0.05) is 52.2 Å². The van der Waals surface area contributed by atoms with Crippen molar-refractivity contribution in [2.24, 2.45) is 45.3 Å². The van der Waals surface area contributed by atoms with Crippen LogP contribution in [0.25, 0.3) is 0 Å². The maximum Gasteiger partial charge on any atom is 0.275 e. The number of allylic oxidation sites excluding steroid dienone is 2. The van der Waals surface area contributed by atoms with Gasteiger partial charge in [0.15, 0.2) is 5.76 Å². The van der Waals surface area contributed by atoms with Gasteiger partial charge in [0.25, 0.3) is 5.79 Å². The predicted molar refractivity (Wildman–Crippen MR) is 135 cm³/mol. The Morgan fingerprint density at radius 3 is 2.44 bits per heavy atom. The number of ether oxygens (including phenoxy) is 1. The molecule has 4 nitrogen and oxygen atoms in total. The van der Waals surface area contributed by atoms with Gasteiger partial charge in [-0.05, 0) is 99.9 Å². The number of rotatable bonds is 5. The second-order valence-electron chi connectivity index (χ2n) is 14.6. The van der Waals surface area contributed by atoms with Crippen molar-refractivity contribution >= 4 is 0 Å². The first-order valence-electron chi connectivity index (χ1n) is 13.8. The molecule has 0 amide bonds. The van der Waals surface area contributed by atoms with Crippen molar-refractivity contribution in [1.82, 2.24) is 0 Å². The van der Waals surface area contributed by atoms with E-state index < -0.39 is 16.8 Å². The summed E-state index contributed by atoms with van der Waals surface area (Å²) in [5.74, 6) is 1.18. The topological polar surface area (TPSA) is 73.2 Å². The normalized spacial score (nSPS) is 49.5. The standard InChI is InChI=1S/C30H48O4/c1-18(10-9-13-25(2,3)32)24-21(31)17-29(8)22-12-11-19-20(27(22,6)14-15-28(24,29)7)16-23-30(33,34-23)26(19,4)5/h11,16,18,20-22,24,31-33H,9-10,12-15,17H2,1-8H3/t18-,20+,21+,22-,24+,27+,28-,29+,30-/m1/s1. The molecule has 0 aromatic rings. The third kappa shape index (κ3) is 3.07. The van der Waals surface area contributed by atoms with E-state index in [4.69, 9.17) is 4.74 Å². The Morgan fingerprint density at radius 2 is 1.79 bits per heavy atom. The lowest BCUT2D eigenvalue weighted by molar-refractivity contribution is -0.136. The van der Waals surface area contributed by atoms with Gasteiger partial charge in [0, 0.05) is 5.92 Å². The molecule has 5 aliphatic rings. The summed E-state index contributed by atoms with van der Waals surface area (Å²) in [7, 11) is 0. The molecule has 0 radical (unpaired) electrons. The number of hydrogen-bond donors (Lipinski definition) is 3. The number of hydrogen-bond acceptors (Lipinski definition) is 4. The van der Waals surface area contributed by atoms with Crippen molar-refractivity contribution in [3.63, 3.8) is 0 Å². The van der Waals surface area contributed by atoms with Crippen LogP contribution in [-0.2, 0) is 4.74 Å². The van der Waals surface area contributed by atoms with Gasteiger partial charge in [0.05, 0.1) is 17.1 Å². The van der Waals surface area contributed by atoms with Gasteiger partial charge in [-0.15, -0.1) is 0 Å². The lowest BCUT2D eigenvalue weighted by atomic mass is 9.39. The third-order valence-corrected chi connectivity index (χ3v) is 12.0. The summed E-state index contributed by atoms with van der Waals surface area (Å²) < 4.78 is 5.77. The van der Waals surface area contributed by atoms with Crippen LogP contribution in [0, 0.1) is 45.3 Å². The maximum atomic E-state index is 11.5. The van der Waals surface area contributed by atoms with E-state index in [1.807, 2.05) is 13.8 Å². The molecule has 1 aliphatic heterocycles. The molecule has 1 saturated heterocycles. The van der Waals surface area contributed by atoms with Gasteiger partial charge in [-0.3, -0.25) is 0 Å². The van der Waals surface area contributed by atoms with Crippen molar-refractivity contribution in [2.75, 3.05) is 0 Å². The van der Waals surface area contributed by atoms with E-state index in [-0.39, 0.29) is 22.3 Å². The van der Waals surface area contributed by atoms with E-state index in [1.165, 1.54) is 5.57 Å².